The van der Waals surface area contributed by atoms with E-state index in [1.165, 1.54) is 0 Å². The van der Waals surface area contributed by atoms with Crippen molar-refractivity contribution in [2.24, 2.45) is 7.05 Å². The zero-order valence-electron chi connectivity index (χ0n) is 12.3. The van der Waals surface area contributed by atoms with E-state index in [4.69, 9.17) is 16.0 Å². The van der Waals surface area contributed by atoms with Gasteiger partial charge in [-0.25, -0.2) is 9.67 Å². The summed E-state index contributed by atoms with van der Waals surface area (Å²) in [7, 11) is -0.0485. The van der Waals surface area contributed by atoms with Crippen LogP contribution in [0.15, 0.2) is 12.1 Å². The van der Waals surface area contributed by atoms with E-state index in [1.807, 2.05) is 13.1 Å². The van der Waals surface area contributed by atoms with Crippen LogP contribution in [0.25, 0.3) is 11.0 Å². The molecule has 2 aromatic heterocycles. The molecule has 104 valence electrons. The number of hydrogen-bond donors (Lipinski definition) is 0. The fraction of sp³-hybridized carbons (Fsp3) is 0.538. The average molecular weight is 298 g/mol. The van der Waals surface area contributed by atoms with E-state index >= 15 is 0 Å². The quantitative estimate of drug-likeness (QED) is 0.621. The lowest BCUT2D eigenvalue weighted by Crippen LogP contribution is -2.44. The molecule has 0 spiro atoms. The summed E-state index contributed by atoms with van der Waals surface area (Å²) in [5.74, 6) is 0.660. The first-order valence-corrected chi connectivity index (χ1v) is 9.59. The van der Waals surface area contributed by atoms with Crippen molar-refractivity contribution in [3.05, 3.63) is 17.3 Å². The summed E-state index contributed by atoms with van der Waals surface area (Å²) in [6.07, 6.45) is 0. The number of fused-ring (bicyclic) bond motifs is 1. The van der Waals surface area contributed by atoms with Gasteiger partial charge in [-0.2, -0.15) is 0 Å². The Bertz CT molecular complexity index is 616. The number of aromatic nitrogens is 3. The second-order valence-corrected chi connectivity index (χ2v) is 11.4. The van der Waals surface area contributed by atoms with Gasteiger partial charge in [0.2, 0.25) is 5.88 Å². The van der Waals surface area contributed by atoms with Gasteiger partial charge in [-0.05, 0) is 30.3 Å². The largest absolute Gasteiger partial charge is 0.529 e. The van der Waals surface area contributed by atoms with E-state index in [9.17, 15) is 0 Å². The Morgan fingerprint density at radius 1 is 1.26 bits per heavy atom. The second kappa shape index (κ2) is 4.49. The molecule has 4 nitrogen and oxygen atoms in total. The number of pyridine rings is 1. The molecule has 0 aliphatic rings. The van der Waals surface area contributed by atoms with Gasteiger partial charge in [-0.3, -0.25) is 0 Å². The van der Waals surface area contributed by atoms with Crippen molar-refractivity contribution in [1.82, 2.24) is 14.8 Å². The van der Waals surface area contributed by atoms with Gasteiger partial charge in [-0.1, -0.05) is 32.4 Å². The summed E-state index contributed by atoms with van der Waals surface area (Å²) in [4.78, 5) is 4.29. The van der Waals surface area contributed by atoms with Crippen LogP contribution in [0.3, 0.4) is 0 Å². The maximum atomic E-state index is 6.26. The molecular weight excluding hydrogens is 278 g/mol. The number of rotatable bonds is 2. The van der Waals surface area contributed by atoms with Gasteiger partial charge in [0.05, 0.1) is 5.39 Å². The minimum absolute atomic E-state index is 0.136. The van der Waals surface area contributed by atoms with Crippen LogP contribution in [-0.4, -0.2) is 23.1 Å². The molecule has 6 heteroatoms. The normalized spacial score (nSPS) is 13.0. The molecule has 0 aliphatic heterocycles. The standard InChI is InChI=1S/C13H20ClN3OSi/c1-13(2,3)19(5,6)18-12-9-7-8-10(14)15-11(9)17(4)16-12/h7-8H,1-6H3. The van der Waals surface area contributed by atoms with Gasteiger partial charge >= 0.3 is 0 Å². The first-order valence-electron chi connectivity index (χ1n) is 6.30. The number of aryl methyl sites for hydroxylation is 1. The van der Waals surface area contributed by atoms with E-state index in [-0.39, 0.29) is 5.04 Å². The van der Waals surface area contributed by atoms with Crippen LogP contribution < -0.4 is 4.43 Å². The molecule has 0 radical (unpaired) electrons. The first-order chi connectivity index (χ1) is 8.62. The number of halogens is 1. The highest BCUT2D eigenvalue weighted by Crippen LogP contribution is 2.38. The molecule has 2 rings (SSSR count). The third-order valence-corrected chi connectivity index (χ3v) is 8.30. The van der Waals surface area contributed by atoms with Gasteiger partial charge in [0, 0.05) is 7.05 Å². The summed E-state index contributed by atoms with van der Waals surface area (Å²) >= 11 is 5.92. The Kier molecular flexibility index (Phi) is 3.39. The molecule has 0 saturated heterocycles. The third-order valence-electron chi connectivity index (χ3n) is 3.78. The van der Waals surface area contributed by atoms with E-state index in [2.05, 4.69) is 43.9 Å². The molecule has 0 aliphatic carbocycles. The molecule has 0 unspecified atom stereocenters. The molecule has 2 heterocycles. The van der Waals surface area contributed by atoms with E-state index in [0.29, 0.717) is 11.0 Å². The molecule has 0 aromatic carbocycles. The van der Waals surface area contributed by atoms with Crippen LogP contribution in [0.4, 0.5) is 0 Å². The monoisotopic (exact) mass is 297 g/mol. The van der Waals surface area contributed by atoms with Crippen molar-refractivity contribution in [2.45, 2.75) is 38.9 Å². The molecule has 0 fully saturated rings. The molecule has 19 heavy (non-hydrogen) atoms. The van der Waals surface area contributed by atoms with Gasteiger partial charge in [0.25, 0.3) is 8.32 Å². The van der Waals surface area contributed by atoms with Crippen LogP contribution in [-0.2, 0) is 7.05 Å². The first kappa shape index (κ1) is 14.3. The van der Waals surface area contributed by atoms with Crippen molar-refractivity contribution in [2.75, 3.05) is 0 Å². The molecule has 0 amide bonds. The Hall–Kier alpha value is -1.07. The summed E-state index contributed by atoms with van der Waals surface area (Å²) in [5, 5.41) is 5.95. The predicted molar refractivity (Wildman–Crippen MR) is 81.3 cm³/mol. The maximum Gasteiger partial charge on any atom is 0.252 e. The van der Waals surface area contributed by atoms with Crippen molar-refractivity contribution in [3.8, 4) is 5.88 Å². The zero-order valence-corrected chi connectivity index (χ0v) is 14.0. The fourth-order valence-electron chi connectivity index (χ4n) is 1.55. The van der Waals surface area contributed by atoms with Gasteiger partial charge in [0.15, 0.2) is 5.65 Å². The van der Waals surface area contributed by atoms with E-state index < -0.39 is 8.32 Å². The highest BCUT2D eigenvalue weighted by Gasteiger charge is 2.40. The van der Waals surface area contributed by atoms with Crippen LogP contribution in [0.5, 0.6) is 5.88 Å². The summed E-state index contributed by atoms with van der Waals surface area (Å²) in [6, 6.07) is 3.68. The molecule has 0 saturated carbocycles. The molecule has 2 aromatic rings. The lowest BCUT2D eigenvalue weighted by molar-refractivity contribution is 0.472. The maximum absolute atomic E-state index is 6.26. The zero-order chi connectivity index (χ0) is 14.4. The minimum Gasteiger partial charge on any atom is -0.529 e. The van der Waals surface area contributed by atoms with E-state index in [0.717, 1.165) is 11.0 Å². The summed E-state index contributed by atoms with van der Waals surface area (Å²) in [6.45, 7) is 11.0. The Morgan fingerprint density at radius 3 is 2.47 bits per heavy atom. The summed E-state index contributed by atoms with van der Waals surface area (Å²) < 4.78 is 7.98. The van der Waals surface area contributed by atoms with Crippen LogP contribution in [0.2, 0.25) is 23.3 Å². The molecular formula is C13H20ClN3OSi. The second-order valence-electron chi connectivity index (χ2n) is 6.30. The Morgan fingerprint density at radius 2 is 1.89 bits per heavy atom. The van der Waals surface area contributed by atoms with Crippen molar-refractivity contribution in [1.29, 1.82) is 0 Å². The SMILES string of the molecule is Cn1nc(O[Si](C)(C)C(C)(C)C)c2ccc(Cl)nc21. The lowest BCUT2D eigenvalue weighted by Gasteiger charge is -2.35. The topological polar surface area (TPSA) is 39.9 Å². The van der Waals surface area contributed by atoms with E-state index in [1.54, 1.807) is 10.7 Å². The van der Waals surface area contributed by atoms with Crippen molar-refractivity contribution < 1.29 is 4.43 Å². The van der Waals surface area contributed by atoms with Crippen LogP contribution in [0.1, 0.15) is 20.8 Å². The highest BCUT2D eigenvalue weighted by molar-refractivity contribution is 6.74. The average Bonchev–Trinajstić information content (AvgIpc) is 2.53. The fourth-order valence-corrected chi connectivity index (χ4v) is 2.63. The van der Waals surface area contributed by atoms with Crippen LogP contribution in [0, 0.1) is 0 Å². The summed E-state index contributed by atoms with van der Waals surface area (Å²) in [5.41, 5.74) is 0.751. The molecule has 0 bridgehead atoms. The van der Waals surface area contributed by atoms with Gasteiger partial charge < -0.3 is 4.43 Å². The van der Waals surface area contributed by atoms with Gasteiger partial charge in [-0.15, -0.1) is 5.10 Å². The molecule has 0 N–H and O–H groups in total. The third kappa shape index (κ3) is 2.62. The minimum atomic E-state index is -1.90. The predicted octanol–water partition coefficient (Wildman–Crippen LogP) is 4.01. The molecule has 0 atom stereocenters. The van der Waals surface area contributed by atoms with Crippen LogP contribution >= 0.6 is 11.6 Å². The van der Waals surface area contributed by atoms with Gasteiger partial charge in [0.1, 0.15) is 5.15 Å². The lowest BCUT2D eigenvalue weighted by atomic mass is 10.2. The highest BCUT2D eigenvalue weighted by atomic mass is 35.5. The Labute approximate surface area is 119 Å². The number of nitrogens with zero attached hydrogens (tertiary/aromatic N) is 3. The smallest absolute Gasteiger partial charge is 0.252 e. The number of hydrogen-bond acceptors (Lipinski definition) is 3. The van der Waals surface area contributed by atoms with Crippen molar-refractivity contribution in [3.63, 3.8) is 0 Å². The van der Waals surface area contributed by atoms with Crippen molar-refractivity contribution >= 4 is 31.0 Å². The Balaban J connectivity index is 2.48.